The van der Waals surface area contributed by atoms with Crippen molar-refractivity contribution in [2.45, 2.75) is 70.1 Å². The van der Waals surface area contributed by atoms with Gasteiger partial charge in [0.2, 0.25) is 0 Å². The lowest BCUT2D eigenvalue weighted by atomic mass is 9.94. The van der Waals surface area contributed by atoms with Crippen LogP contribution in [0.3, 0.4) is 0 Å². The molecule has 0 radical (unpaired) electrons. The monoisotopic (exact) mass is 592 g/mol. The van der Waals surface area contributed by atoms with Crippen LogP contribution in [0, 0.1) is 11.8 Å². The second-order valence-corrected chi connectivity index (χ2v) is 13.6. The van der Waals surface area contributed by atoms with Crippen LogP contribution in [0.4, 0.5) is 11.4 Å². The molecule has 10 heteroatoms. The van der Waals surface area contributed by atoms with Crippen LogP contribution in [0.25, 0.3) is 0 Å². The van der Waals surface area contributed by atoms with Crippen molar-refractivity contribution in [3.8, 4) is 0 Å². The Bertz CT molecular complexity index is 1120. The quantitative estimate of drug-likeness (QED) is 0.210. The number of fused-ring (bicyclic) bond motifs is 2. The lowest BCUT2D eigenvalue weighted by molar-refractivity contribution is 0.0819. The number of nitrogens with zero attached hydrogens (tertiary/aromatic N) is 1. The third kappa shape index (κ3) is 7.43. The lowest BCUT2D eigenvalue weighted by Crippen LogP contribution is -2.50. The Morgan fingerprint density at radius 3 is 2.58 bits per heavy atom. The van der Waals surface area contributed by atoms with Gasteiger partial charge in [0.15, 0.2) is 0 Å². The Kier molecular flexibility index (Phi) is 10.6. The van der Waals surface area contributed by atoms with E-state index in [0.717, 1.165) is 30.0 Å². The zero-order valence-corrected chi connectivity index (χ0v) is 24.9. The van der Waals surface area contributed by atoms with Gasteiger partial charge in [-0.3, -0.25) is 18.2 Å². The van der Waals surface area contributed by atoms with Gasteiger partial charge in [0.05, 0.1) is 23.6 Å². The molecule has 6 N–H and O–H groups in total. The Labute approximate surface area is 246 Å². The Hall–Kier alpha value is -2.01. The molecular weight excluding hydrogens is 548 g/mol. The maximum atomic E-state index is 13.7. The van der Waals surface area contributed by atoms with Crippen molar-refractivity contribution in [3.05, 3.63) is 59.7 Å². The Morgan fingerprint density at radius 2 is 1.90 bits per heavy atom. The first-order valence-corrected chi connectivity index (χ1v) is 16.2. The van der Waals surface area contributed by atoms with Gasteiger partial charge in [-0.15, -0.1) is 23.2 Å². The van der Waals surface area contributed by atoms with Crippen molar-refractivity contribution in [1.29, 1.82) is 0 Å². The smallest absolute Gasteiger partial charge is 0.251 e. The average Bonchev–Trinajstić information content (AvgIpc) is 3.55. The highest BCUT2D eigenvalue weighted by molar-refractivity contribution is 8.25. The van der Waals surface area contributed by atoms with Crippen molar-refractivity contribution < 1.29 is 19.0 Å². The number of aliphatic hydroxyl groups is 1. The van der Waals surface area contributed by atoms with Gasteiger partial charge in [-0.1, -0.05) is 36.8 Å². The van der Waals surface area contributed by atoms with Crippen LogP contribution in [-0.4, -0.2) is 63.7 Å². The summed E-state index contributed by atoms with van der Waals surface area (Å²) in [5.74, 6) is 1.57. The molecule has 2 aromatic carbocycles. The molecule has 1 amide bonds. The number of benzene rings is 2. The van der Waals surface area contributed by atoms with Crippen molar-refractivity contribution in [2.75, 3.05) is 35.0 Å². The molecular formula is C30H45ClN4O4S. The summed E-state index contributed by atoms with van der Waals surface area (Å²) in [4.78, 5) is 13.7. The molecule has 2 saturated carbocycles. The van der Waals surface area contributed by atoms with E-state index < -0.39 is 22.9 Å². The molecule has 3 fully saturated rings. The number of nitrogens with one attached hydrogen (secondary N) is 3. The number of carbonyl (C=O) groups excluding carboxylic acids is 1. The number of anilines is 2. The number of hydrogen-bond acceptors (Lipinski definition) is 7. The predicted molar refractivity (Wildman–Crippen MR) is 167 cm³/mol. The first-order chi connectivity index (χ1) is 18.8. The fourth-order valence-electron chi connectivity index (χ4n) is 6.61. The molecule has 0 unspecified atom stereocenters. The summed E-state index contributed by atoms with van der Waals surface area (Å²) >= 11 is 0. The third-order valence-electron chi connectivity index (χ3n) is 8.64. The molecule has 3 aliphatic rings. The molecule has 2 bridgehead atoms. The van der Waals surface area contributed by atoms with Crippen molar-refractivity contribution in [2.24, 2.45) is 11.8 Å². The molecule has 0 aromatic heterocycles. The van der Waals surface area contributed by atoms with E-state index in [-0.39, 0.29) is 18.3 Å². The van der Waals surface area contributed by atoms with E-state index in [2.05, 4.69) is 16.0 Å². The molecule has 5 rings (SSSR count). The normalized spacial score (nSPS) is 25.5. The van der Waals surface area contributed by atoms with Crippen LogP contribution in [-0.2, 0) is 6.42 Å². The minimum Gasteiger partial charge on any atom is -0.390 e. The highest BCUT2D eigenvalue weighted by Gasteiger charge is 2.39. The van der Waals surface area contributed by atoms with E-state index in [4.69, 9.17) is 0 Å². The van der Waals surface area contributed by atoms with E-state index in [1.54, 1.807) is 16.4 Å². The van der Waals surface area contributed by atoms with Crippen LogP contribution in [0.15, 0.2) is 48.5 Å². The van der Waals surface area contributed by atoms with E-state index in [1.807, 2.05) is 43.3 Å². The fraction of sp³-hybridized carbons (Fsp3) is 0.567. The van der Waals surface area contributed by atoms with Gasteiger partial charge in [0.1, 0.15) is 0 Å². The molecule has 1 heterocycles. The summed E-state index contributed by atoms with van der Waals surface area (Å²) in [6.07, 6.45) is 6.48. The average molecular weight is 593 g/mol. The minimum atomic E-state index is -2.92. The lowest BCUT2D eigenvalue weighted by Gasteiger charge is -2.47. The van der Waals surface area contributed by atoms with Crippen molar-refractivity contribution in [1.82, 2.24) is 10.6 Å². The summed E-state index contributed by atoms with van der Waals surface area (Å²) in [6.45, 7) is 3.62. The van der Waals surface area contributed by atoms with Crippen LogP contribution in [0.1, 0.15) is 61.4 Å². The van der Waals surface area contributed by atoms with Gasteiger partial charge < -0.3 is 21.1 Å². The number of rotatable bonds is 11. The molecule has 222 valence electrons. The molecule has 40 heavy (non-hydrogen) atoms. The Morgan fingerprint density at radius 1 is 1.10 bits per heavy atom. The van der Waals surface area contributed by atoms with E-state index in [9.17, 15) is 19.0 Å². The van der Waals surface area contributed by atoms with Gasteiger partial charge in [0, 0.05) is 36.9 Å². The van der Waals surface area contributed by atoms with Gasteiger partial charge in [-0.05, 0) is 81.0 Å². The van der Waals surface area contributed by atoms with Crippen LogP contribution < -0.4 is 20.3 Å². The topological polar surface area (TPSA) is 117 Å². The predicted octanol–water partition coefficient (Wildman–Crippen LogP) is 5.29. The van der Waals surface area contributed by atoms with Gasteiger partial charge in [-0.25, -0.2) is 0 Å². The second-order valence-electron chi connectivity index (χ2n) is 11.5. The van der Waals surface area contributed by atoms with Crippen molar-refractivity contribution in [3.63, 3.8) is 0 Å². The van der Waals surface area contributed by atoms with Gasteiger partial charge in [-0.2, -0.15) is 0 Å². The van der Waals surface area contributed by atoms with Crippen LogP contribution in [0.5, 0.6) is 0 Å². The summed E-state index contributed by atoms with van der Waals surface area (Å²) in [5, 5.41) is 21.3. The van der Waals surface area contributed by atoms with Gasteiger partial charge >= 0.3 is 0 Å². The number of halogens is 1. The summed E-state index contributed by atoms with van der Waals surface area (Å²) in [7, 11) is -2.92. The molecule has 2 aromatic rings. The number of amides is 1. The number of carbonyl (C=O) groups is 1. The molecule has 2 aliphatic carbocycles. The Balaban J connectivity index is 0.00000370. The van der Waals surface area contributed by atoms with Gasteiger partial charge in [0.25, 0.3) is 5.91 Å². The standard InChI is InChI=1S/C30H44N4O4S.ClH/c1-2-31-25-17-24(18-26(19-25)34-12-6-7-13-39(34,37)38)30(36)33-28(15-21-8-4-3-5-9-21)29(35)20-32-27-16-22-10-11-23(27)14-22;/h3-5,8-9,17-19,22-23,27-29,31-32,35,37-38H,2,6-7,10-16,20H2,1H3,(H,33,36);1H/t22-,23-,27-,28-,29-;/m0./s1. The minimum absolute atomic E-state index is 0. The maximum absolute atomic E-state index is 13.7. The summed E-state index contributed by atoms with van der Waals surface area (Å²) in [6, 6.07) is 15.3. The SMILES string of the molecule is CCNc1cc(C(=O)N[C@@H](Cc2ccccc2)[C@@H](O)CN[C@H]2C[C@H]3CC[C@H]2C3)cc(N2CCCCS2(O)O)c1.Cl. The summed E-state index contributed by atoms with van der Waals surface area (Å²) in [5.41, 5.74) is 2.84. The number of hydrogen-bond donors (Lipinski definition) is 6. The molecule has 1 aliphatic heterocycles. The van der Waals surface area contributed by atoms with E-state index >= 15 is 0 Å². The number of aliphatic hydroxyl groups excluding tert-OH is 1. The second kappa shape index (κ2) is 13.8. The zero-order chi connectivity index (χ0) is 27.4. The molecule has 5 atom stereocenters. The highest BCUT2D eigenvalue weighted by atomic mass is 35.5. The first-order valence-electron chi connectivity index (χ1n) is 14.5. The molecule has 1 saturated heterocycles. The summed E-state index contributed by atoms with van der Waals surface area (Å²) < 4.78 is 23.1. The van der Waals surface area contributed by atoms with Crippen molar-refractivity contribution >= 4 is 40.5 Å². The highest BCUT2D eigenvalue weighted by Crippen LogP contribution is 2.50. The largest absolute Gasteiger partial charge is 0.390 e. The fourth-order valence-corrected chi connectivity index (χ4v) is 8.29. The molecule has 0 spiro atoms. The zero-order valence-electron chi connectivity index (χ0n) is 23.3. The first kappa shape index (κ1) is 30.9. The van der Waals surface area contributed by atoms with E-state index in [0.29, 0.717) is 55.0 Å². The third-order valence-corrected chi connectivity index (χ3v) is 10.6. The maximum Gasteiger partial charge on any atom is 0.251 e. The van der Waals surface area contributed by atoms with Crippen LogP contribution >= 0.6 is 23.2 Å². The molecule has 8 nitrogen and oxygen atoms in total. The van der Waals surface area contributed by atoms with E-state index in [1.165, 1.54) is 25.7 Å². The van der Waals surface area contributed by atoms with Crippen LogP contribution in [0.2, 0.25) is 0 Å².